The van der Waals surface area contributed by atoms with Crippen LogP contribution in [-0.4, -0.2) is 58.7 Å². The fraction of sp³-hybridized carbons (Fsp3) is 0.769. The van der Waals surface area contributed by atoms with E-state index in [1.54, 1.807) is 14.1 Å². The van der Waals surface area contributed by atoms with E-state index in [0.717, 1.165) is 36.1 Å². The molecule has 22 heavy (non-hydrogen) atoms. The summed E-state index contributed by atoms with van der Waals surface area (Å²) >= 11 is 2.10. The summed E-state index contributed by atoms with van der Waals surface area (Å²) in [7, 11) is 3.37. The first-order chi connectivity index (χ1) is 10.5. The van der Waals surface area contributed by atoms with E-state index in [4.69, 9.17) is 14.2 Å². The van der Waals surface area contributed by atoms with Gasteiger partial charge in [-0.2, -0.15) is 9.36 Å². The molecule has 0 radical (unpaired) electrons. The van der Waals surface area contributed by atoms with Crippen LogP contribution in [0.2, 0.25) is 0 Å². The number of hydrogen-bond donors (Lipinski definition) is 0. The van der Waals surface area contributed by atoms with Crippen molar-refractivity contribution in [1.82, 2.24) is 14.3 Å². The van der Waals surface area contributed by atoms with Gasteiger partial charge in [-0.1, -0.05) is 13.8 Å². The van der Waals surface area contributed by atoms with Crippen molar-refractivity contribution in [3.05, 3.63) is 0 Å². The van der Waals surface area contributed by atoms with Gasteiger partial charge in [-0.15, -0.1) is 0 Å². The van der Waals surface area contributed by atoms with Crippen molar-refractivity contribution in [3.8, 4) is 5.19 Å². The molecule has 2 rings (SSSR count). The lowest BCUT2D eigenvalue weighted by Gasteiger charge is -2.24. The fourth-order valence-electron chi connectivity index (χ4n) is 1.95. The number of hydrogen-bond acceptors (Lipinski definition) is 8. The lowest BCUT2D eigenvalue weighted by Crippen LogP contribution is -2.30. The maximum Gasteiger partial charge on any atom is 0.294 e. The van der Waals surface area contributed by atoms with Crippen LogP contribution in [0.25, 0.3) is 0 Å². The summed E-state index contributed by atoms with van der Waals surface area (Å²) < 4.78 is 21.3. The molecule has 9 heteroatoms. The minimum absolute atomic E-state index is 0.108. The van der Waals surface area contributed by atoms with Gasteiger partial charge in [0.1, 0.15) is 12.7 Å². The number of carbonyl (C=O) groups is 1. The minimum atomic E-state index is -0.478. The molecule has 1 aromatic rings. The molecule has 0 aromatic carbocycles. The van der Waals surface area contributed by atoms with Gasteiger partial charge in [0.2, 0.25) is 5.16 Å². The van der Waals surface area contributed by atoms with Gasteiger partial charge in [-0.25, -0.2) is 0 Å². The number of ether oxygens (including phenoxy) is 3. The molecule has 0 saturated carbocycles. The van der Waals surface area contributed by atoms with Crippen LogP contribution in [0, 0.1) is 0 Å². The Hall–Kier alpha value is -0.900. The first kappa shape index (κ1) is 17.5. The molecule has 1 unspecified atom stereocenters. The maximum absolute atomic E-state index is 11.6. The van der Waals surface area contributed by atoms with Gasteiger partial charge in [-0.05, 0) is 12.8 Å². The Bertz CT molecular complexity index is 505. The Kier molecular flexibility index (Phi) is 6.01. The summed E-state index contributed by atoms with van der Waals surface area (Å²) in [5, 5.41) is 0.717. The van der Waals surface area contributed by atoms with Crippen molar-refractivity contribution in [2.24, 2.45) is 0 Å². The molecule has 1 aliphatic rings. The monoisotopic (exact) mass is 347 g/mol. The standard InChI is InChI=1S/C13H21N3O4S2/c1-5-13(6-2)19-8-9(20-13)7-18-11-14-10(15-22-11)21-12(17)16(3)4/h9H,5-8H2,1-4H3. The fourth-order valence-corrected chi connectivity index (χ4v) is 3.18. The molecule has 124 valence electrons. The van der Waals surface area contributed by atoms with Crippen molar-refractivity contribution in [1.29, 1.82) is 0 Å². The molecule has 1 saturated heterocycles. The molecule has 0 bridgehead atoms. The second kappa shape index (κ2) is 7.58. The quantitative estimate of drug-likeness (QED) is 0.732. The highest BCUT2D eigenvalue weighted by Gasteiger charge is 2.38. The van der Waals surface area contributed by atoms with Crippen molar-refractivity contribution in [2.75, 3.05) is 27.3 Å². The highest BCUT2D eigenvalue weighted by atomic mass is 32.2. The van der Waals surface area contributed by atoms with Crippen LogP contribution in [0.3, 0.4) is 0 Å². The van der Waals surface area contributed by atoms with Gasteiger partial charge in [-0.3, -0.25) is 4.79 Å². The zero-order chi connectivity index (χ0) is 16.2. The topological polar surface area (TPSA) is 73.8 Å². The van der Waals surface area contributed by atoms with Crippen molar-refractivity contribution >= 4 is 28.5 Å². The van der Waals surface area contributed by atoms with Gasteiger partial charge in [0.15, 0.2) is 5.79 Å². The highest BCUT2D eigenvalue weighted by molar-refractivity contribution is 8.13. The third-order valence-electron chi connectivity index (χ3n) is 3.32. The predicted octanol–water partition coefficient (Wildman–Crippen LogP) is 2.62. The van der Waals surface area contributed by atoms with E-state index < -0.39 is 5.79 Å². The third kappa shape index (κ3) is 4.31. The number of rotatable bonds is 6. The SMILES string of the molecule is CCC1(CC)OCC(COc2nc(SC(=O)N(C)C)ns2)O1. The first-order valence-electron chi connectivity index (χ1n) is 7.15. The van der Waals surface area contributed by atoms with Crippen molar-refractivity contribution in [3.63, 3.8) is 0 Å². The van der Waals surface area contributed by atoms with Gasteiger partial charge in [0.05, 0.1) is 6.61 Å². The molecule has 2 heterocycles. The van der Waals surface area contributed by atoms with Crippen LogP contribution < -0.4 is 4.74 Å². The summed E-state index contributed by atoms with van der Waals surface area (Å²) in [6.07, 6.45) is 1.52. The Morgan fingerprint density at radius 3 is 2.82 bits per heavy atom. The average Bonchev–Trinajstić information content (AvgIpc) is 3.12. The van der Waals surface area contributed by atoms with Crippen LogP contribution in [0.4, 0.5) is 4.79 Å². The summed E-state index contributed by atoms with van der Waals surface area (Å²) in [6.45, 7) is 4.97. The third-order valence-corrected chi connectivity index (χ3v) is 4.97. The van der Waals surface area contributed by atoms with E-state index in [0.29, 0.717) is 23.6 Å². The lowest BCUT2D eigenvalue weighted by atomic mass is 10.1. The zero-order valence-corrected chi connectivity index (χ0v) is 14.8. The number of nitrogens with zero attached hydrogens (tertiary/aromatic N) is 3. The van der Waals surface area contributed by atoms with Gasteiger partial charge < -0.3 is 19.1 Å². The van der Waals surface area contributed by atoms with Gasteiger partial charge in [0, 0.05) is 37.4 Å². The second-order valence-electron chi connectivity index (χ2n) is 5.08. The summed E-state index contributed by atoms with van der Waals surface area (Å²) in [4.78, 5) is 17.2. The van der Waals surface area contributed by atoms with E-state index in [1.165, 1.54) is 4.90 Å². The van der Waals surface area contributed by atoms with Crippen molar-refractivity contribution in [2.45, 2.75) is 43.7 Å². The number of aromatic nitrogens is 2. The molecule has 1 aliphatic heterocycles. The van der Waals surface area contributed by atoms with E-state index in [-0.39, 0.29) is 11.3 Å². The van der Waals surface area contributed by atoms with Crippen molar-refractivity contribution < 1.29 is 19.0 Å². The molecular formula is C13H21N3O4S2. The predicted molar refractivity (Wildman–Crippen MR) is 84.5 cm³/mol. The number of amides is 1. The van der Waals surface area contributed by atoms with E-state index in [2.05, 4.69) is 9.36 Å². The van der Waals surface area contributed by atoms with Gasteiger partial charge in [0.25, 0.3) is 10.4 Å². The van der Waals surface area contributed by atoms with Crippen LogP contribution in [-0.2, 0) is 9.47 Å². The highest BCUT2D eigenvalue weighted by Crippen LogP contribution is 2.31. The van der Waals surface area contributed by atoms with Crippen LogP contribution in [0.5, 0.6) is 5.19 Å². The van der Waals surface area contributed by atoms with E-state index >= 15 is 0 Å². The Balaban J connectivity index is 1.81. The minimum Gasteiger partial charge on any atom is -0.466 e. The number of thioether (sulfide) groups is 1. The molecule has 1 fully saturated rings. The average molecular weight is 347 g/mol. The Morgan fingerprint density at radius 1 is 1.50 bits per heavy atom. The van der Waals surface area contributed by atoms with Crippen LogP contribution in [0.1, 0.15) is 26.7 Å². The zero-order valence-electron chi connectivity index (χ0n) is 13.2. The first-order valence-corrected chi connectivity index (χ1v) is 8.74. The van der Waals surface area contributed by atoms with Crippen LogP contribution in [0.15, 0.2) is 5.16 Å². The van der Waals surface area contributed by atoms with Gasteiger partial charge >= 0.3 is 0 Å². The summed E-state index contributed by atoms with van der Waals surface area (Å²) in [6, 6.07) is 0. The molecule has 0 aliphatic carbocycles. The molecule has 1 amide bonds. The normalized spacial score (nSPS) is 20.1. The molecule has 0 N–H and O–H groups in total. The molecule has 7 nitrogen and oxygen atoms in total. The largest absolute Gasteiger partial charge is 0.466 e. The van der Waals surface area contributed by atoms with E-state index in [1.807, 2.05) is 13.8 Å². The van der Waals surface area contributed by atoms with E-state index in [9.17, 15) is 4.79 Å². The molecule has 1 aromatic heterocycles. The Morgan fingerprint density at radius 2 is 2.23 bits per heavy atom. The molecular weight excluding hydrogens is 326 g/mol. The summed E-state index contributed by atoms with van der Waals surface area (Å²) in [5.41, 5.74) is 0. The molecule has 0 spiro atoms. The summed E-state index contributed by atoms with van der Waals surface area (Å²) in [5.74, 6) is -0.478. The maximum atomic E-state index is 11.6. The lowest BCUT2D eigenvalue weighted by molar-refractivity contribution is -0.174. The second-order valence-corrected chi connectivity index (χ2v) is 6.72. The smallest absolute Gasteiger partial charge is 0.294 e. The number of carbonyl (C=O) groups excluding carboxylic acids is 1. The van der Waals surface area contributed by atoms with Crippen LogP contribution >= 0.6 is 23.3 Å². The Labute approximate surface area is 138 Å². The molecule has 1 atom stereocenters.